The Hall–Kier alpha value is -1.13. The van der Waals surface area contributed by atoms with Gasteiger partial charge in [-0.2, -0.15) is 0 Å². The zero-order valence-electron chi connectivity index (χ0n) is 11.9. The number of thiazole rings is 1. The summed E-state index contributed by atoms with van der Waals surface area (Å²) >= 11 is 1.74. The molecule has 1 aromatic heterocycles. The quantitative estimate of drug-likeness (QED) is 0.919. The van der Waals surface area contributed by atoms with Crippen molar-refractivity contribution < 1.29 is 0 Å². The van der Waals surface area contributed by atoms with Crippen molar-refractivity contribution in [3.05, 3.63) is 23.7 Å². The van der Waals surface area contributed by atoms with Crippen LogP contribution < -0.4 is 10.2 Å². The third kappa shape index (κ3) is 2.21. The van der Waals surface area contributed by atoms with E-state index >= 15 is 0 Å². The highest BCUT2D eigenvalue weighted by Gasteiger charge is 2.43. The molecule has 2 fully saturated rings. The van der Waals surface area contributed by atoms with Gasteiger partial charge in [0, 0.05) is 24.3 Å². The molecule has 1 saturated carbocycles. The maximum atomic E-state index is 4.38. The van der Waals surface area contributed by atoms with Crippen molar-refractivity contribution in [2.75, 3.05) is 24.5 Å². The summed E-state index contributed by atoms with van der Waals surface area (Å²) in [6.45, 7) is 5.84. The SMILES string of the molecule is CC1(C2CC2)CN(c2ccc3ncsc3c2)CCCN1. The van der Waals surface area contributed by atoms with E-state index < -0.39 is 0 Å². The Kier molecular flexibility index (Phi) is 2.97. The van der Waals surface area contributed by atoms with Gasteiger partial charge in [0.05, 0.1) is 15.7 Å². The Labute approximate surface area is 124 Å². The molecular formula is C16H21N3S. The number of rotatable bonds is 2. The van der Waals surface area contributed by atoms with E-state index in [-0.39, 0.29) is 0 Å². The molecular weight excluding hydrogens is 266 g/mol. The topological polar surface area (TPSA) is 28.2 Å². The van der Waals surface area contributed by atoms with Crippen molar-refractivity contribution in [3.8, 4) is 0 Å². The first-order valence-electron chi connectivity index (χ1n) is 7.58. The van der Waals surface area contributed by atoms with Crippen LogP contribution in [0.4, 0.5) is 5.69 Å². The van der Waals surface area contributed by atoms with Crippen molar-refractivity contribution in [3.63, 3.8) is 0 Å². The van der Waals surface area contributed by atoms with Crippen molar-refractivity contribution in [1.29, 1.82) is 0 Å². The maximum Gasteiger partial charge on any atom is 0.0813 e. The highest BCUT2D eigenvalue weighted by atomic mass is 32.1. The third-order valence-corrected chi connectivity index (χ3v) is 5.60. The first-order valence-corrected chi connectivity index (χ1v) is 8.46. The molecule has 1 aliphatic carbocycles. The van der Waals surface area contributed by atoms with Crippen molar-refractivity contribution in [2.24, 2.45) is 5.92 Å². The van der Waals surface area contributed by atoms with Crippen LogP contribution in [0.25, 0.3) is 10.2 Å². The van der Waals surface area contributed by atoms with Gasteiger partial charge in [-0.1, -0.05) is 0 Å². The molecule has 20 heavy (non-hydrogen) atoms. The number of nitrogens with zero attached hydrogens (tertiary/aromatic N) is 2. The van der Waals surface area contributed by atoms with E-state index in [2.05, 4.69) is 40.3 Å². The minimum atomic E-state index is 0.291. The molecule has 3 nitrogen and oxygen atoms in total. The number of benzene rings is 1. The number of nitrogens with one attached hydrogen (secondary N) is 1. The molecule has 2 aliphatic rings. The average Bonchev–Trinajstić information content (AvgIpc) is 3.23. The number of anilines is 1. The highest BCUT2D eigenvalue weighted by Crippen LogP contribution is 2.41. The Morgan fingerprint density at radius 1 is 1.40 bits per heavy atom. The Bertz CT molecular complexity index is 619. The standard InChI is InChI=1S/C16H21N3S/c1-16(12-3-4-12)10-19(8-2-7-18-16)13-5-6-14-15(9-13)20-11-17-14/h5-6,9,11-12,18H,2-4,7-8,10H2,1H3. The second kappa shape index (κ2) is 4.71. The molecule has 106 valence electrons. The summed E-state index contributed by atoms with van der Waals surface area (Å²) in [6.07, 6.45) is 4.01. The predicted molar refractivity (Wildman–Crippen MR) is 85.6 cm³/mol. The molecule has 0 spiro atoms. The van der Waals surface area contributed by atoms with Crippen LogP contribution in [0.15, 0.2) is 23.7 Å². The first-order chi connectivity index (χ1) is 9.74. The molecule has 0 radical (unpaired) electrons. The summed E-state index contributed by atoms with van der Waals surface area (Å²) < 4.78 is 1.30. The second-order valence-corrected chi connectivity index (χ2v) is 7.28. The van der Waals surface area contributed by atoms with E-state index in [4.69, 9.17) is 0 Å². The Morgan fingerprint density at radius 2 is 2.30 bits per heavy atom. The van der Waals surface area contributed by atoms with Gasteiger partial charge >= 0.3 is 0 Å². The van der Waals surface area contributed by atoms with Gasteiger partial charge < -0.3 is 10.2 Å². The normalized spacial score (nSPS) is 27.8. The van der Waals surface area contributed by atoms with Crippen molar-refractivity contribution in [1.82, 2.24) is 10.3 Å². The van der Waals surface area contributed by atoms with Gasteiger partial charge in [-0.25, -0.2) is 4.98 Å². The van der Waals surface area contributed by atoms with Crippen molar-refractivity contribution in [2.45, 2.75) is 31.7 Å². The molecule has 1 N–H and O–H groups in total. The van der Waals surface area contributed by atoms with Gasteiger partial charge in [0.15, 0.2) is 0 Å². The lowest BCUT2D eigenvalue weighted by atomic mass is 9.95. The summed E-state index contributed by atoms with van der Waals surface area (Å²) in [5.74, 6) is 0.871. The van der Waals surface area contributed by atoms with E-state index in [0.717, 1.165) is 31.1 Å². The fourth-order valence-electron chi connectivity index (χ4n) is 3.43. The molecule has 4 heteroatoms. The largest absolute Gasteiger partial charge is 0.370 e. The molecule has 1 aliphatic heterocycles. The highest BCUT2D eigenvalue weighted by molar-refractivity contribution is 7.16. The number of hydrogen-bond donors (Lipinski definition) is 1. The minimum Gasteiger partial charge on any atom is -0.370 e. The minimum absolute atomic E-state index is 0.291. The average molecular weight is 287 g/mol. The summed E-state index contributed by atoms with van der Waals surface area (Å²) in [7, 11) is 0. The molecule has 0 amide bonds. The molecule has 1 unspecified atom stereocenters. The fraction of sp³-hybridized carbons (Fsp3) is 0.562. The number of hydrogen-bond acceptors (Lipinski definition) is 4. The third-order valence-electron chi connectivity index (χ3n) is 4.81. The van der Waals surface area contributed by atoms with E-state index in [0.29, 0.717) is 5.54 Å². The monoisotopic (exact) mass is 287 g/mol. The van der Waals surface area contributed by atoms with Gasteiger partial charge in [-0.05, 0) is 56.8 Å². The van der Waals surface area contributed by atoms with Crippen LogP contribution in [0.3, 0.4) is 0 Å². The van der Waals surface area contributed by atoms with Crippen LogP contribution in [0.5, 0.6) is 0 Å². The lowest BCUT2D eigenvalue weighted by Crippen LogP contribution is -2.51. The van der Waals surface area contributed by atoms with Crippen LogP contribution in [0.2, 0.25) is 0 Å². The first kappa shape index (κ1) is 12.6. The molecule has 4 rings (SSSR count). The lowest BCUT2D eigenvalue weighted by molar-refractivity contribution is 0.331. The maximum absolute atomic E-state index is 4.38. The fourth-order valence-corrected chi connectivity index (χ4v) is 4.14. The molecule has 1 aromatic carbocycles. The van der Waals surface area contributed by atoms with E-state index in [1.807, 2.05) is 5.51 Å². The zero-order valence-corrected chi connectivity index (χ0v) is 12.7. The van der Waals surface area contributed by atoms with E-state index in [9.17, 15) is 0 Å². The second-order valence-electron chi connectivity index (χ2n) is 6.40. The Morgan fingerprint density at radius 3 is 3.15 bits per heavy atom. The molecule has 1 atom stereocenters. The molecule has 2 heterocycles. The van der Waals surface area contributed by atoms with Crippen LogP contribution in [-0.2, 0) is 0 Å². The van der Waals surface area contributed by atoms with E-state index in [1.54, 1.807) is 11.3 Å². The zero-order chi connectivity index (χ0) is 13.6. The van der Waals surface area contributed by atoms with E-state index in [1.165, 1.54) is 29.6 Å². The molecule has 1 saturated heterocycles. The molecule has 0 bridgehead atoms. The van der Waals surface area contributed by atoms with Gasteiger partial charge in [0.25, 0.3) is 0 Å². The predicted octanol–water partition coefficient (Wildman–Crippen LogP) is 3.26. The Balaban J connectivity index is 1.64. The van der Waals surface area contributed by atoms with Gasteiger partial charge in [-0.15, -0.1) is 11.3 Å². The lowest BCUT2D eigenvalue weighted by Gasteiger charge is -2.35. The van der Waals surface area contributed by atoms with Crippen LogP contribution in [-0.4, -0.2) is 30.2 Å². The van der Waals surface area contributed by atoms with Crippen LogP contribution in [0, 0.1) is 5.92 Å². The van der Waals surface area contributed by atoms with Gasteiger partial charge in [-0.3, -0.25) is 0 Å². The smallest absolute Gasteiger partial charge is 0.0813 e. The summed E-state index contributed by atoms with van der Waals surface area (Å²) in [5, 5.41) is 3.80. The number of fused-ring (bicyclic) bond motifs is 1. The number of aromatic nitrogens is 1. The summed E-state index contributed by atoms with van der Waals surface area (Å²) in [5.41, 5.74) is 4.71. The van der Waals surface area contributed by atoms with Gasteiger partial charge in [0.1, 0.15) is 0 Å². The van der Waals surface area contributed by atoms with Crippen LogP contribution in [0.1, 0.15) is 26.2 Å². The molecule has 2 aromatic rings. The van der Waals surface area contributed by atoms with Gasteiger partial charge in [0.2, 0.25) is 0 Å². The van der Waals surface area contributed by atoms with Crippen LogP contribution >= 0.6 is 11.3 Å². The summed E-state index contributed by atoms with van der Waals surface area (Å²) in [6, 6.07) is 6.71. The van der Waals surface area contributed by atoms with Crippen molar-refractivity contribution >= 4 is 27.2 Å². The summed E-state index contributed by atoms with van der Waals surface area (Å²) in [4.78, 5) is 6.94.